The summed E-state index contributed by atoms with van der Waals surface area (Å²) in [5.41, 5.74) is 4.93. The zero-order valence-electron chi connectivity index (χ0n) is 8.29. The average Bonchev–Trinajstić information content (AvgIpc) is 2.64. The van der Waals surface area contributed by atoms with Crippen LogP contribution in [0.3, 0.4) is 0 Å². The lowest BCUT2D eigenvalue weighted by atomic mass is 10.3. The Morgan fingerprint density at radius 2 is 1.93 bits per heavy atom. The molecule has 0 unspecified atom stereocenters. The van der Waals surface area contributed by atoms with Crippen LogP contribution >= 0.6 is 0 Å². The summed E-state index contributed by atoms with van der Waals surface area (Å²) in [5, 5.41) is 2.82. The Kier molecular flexibility index (Phi) is 4.39. The van der Waals surface area contributed by atoms with Crippen molar-refractivity contribution in [3.05, 3.63) is 0 Å². The molecule has 0 aromatic carbocycles. The highest BCUT2D eigenvalue weighted by molar-refractivity contribution is 5.77. The summed E-state index contributed by atoms with van der Waals surface area (Å²) in [6.07, 6.45) is 2.67. The summed E-state index contributed by atoms with van der Waals surface area (Å²) in [4.78, 5) is 23.7. The fraction of sp³-hybridized carbons (Fsp3) is 0.778. The minimum atomic E-state index is -0.390. The van der Waals surface area contributed by atoms with Crippen molar-refractivity contribution in [1.29, 1.82) is 0 Å². The molecule has 5 heteroatoms. The zero-order valence-corrected chi connectivity index (χ0v) is 8.29. The van der Waals surface area contributed by atoms with Gasteiger partial charge in [-0.15, -0.1) is 0 Å². The van der Waals surface area contributed by atoms with Crippen molar-refractivity contribution in [3.8, 4) is 0 Å². The van der Waals surface area contributed by atoms with Crippen LogP contribution in [0.4, 0.5) is 0 Å². The lowest BCUT2D eigenvalue weighted by Gasteiger charge is -2.14. The number of likely N-dealkylation sites (tertiary alicyclic amines) is 1. The first kappa shape index (κ1) is 11.0. The Morgan fingerprint density at radius 1 is 1.29 bits per heavy atom. The molecule has 2 amide bonds. The van der Waals surface area contributed by atoms with Gasteiger partial charge < -0.3 is 16.0 Å². The van der Waals surface area contributed by atoms with E-state index in [1.54, 1.807) is 0 Å². The van der Waals surface area contributed by atoms with Crippen LogP contribution < -0.4 is 11.1 Å². The van der Waals surface area contributed by atoms with Gasteiger partial charge in [-0.3, -0.25) is 9.59 Å². The Balaban J connectivity index is 2.05. The molecular weight excluding hydrogens is 182 g/mol. The molecule has 1 saturated heterocycles. The summed E-state index contributed by atoms with van der Waals surface area (Å²) >= 11 is 0. The largest absolute Gasteiger partial charge is 0.369 e. The lowest BCUT2D eigenvalue weighted by molar-refractivity contribution is -0.130. The Hall–Kier alpha value is -1.10. The Morgan fingerprint density at radius 3 is 2.50 bits per heavy atom. The van der Waals surface area contributed by atoms with Gasteiger partial charge in [0.2, 0.25) is 11.8 Å². The van der Waals surface area contributed by atoms with Gasteiger partial charge in [0.15, 0.2) is 0 Å². The summed E-state index contributed by atoms with van der Waals surface area (Å²) < 4.78 is 0. The van der Waals surface area contributed by atoms with Crippen molar-refractivity contribution in [2.75, 3.05) is 26.2 Å². The second kappa shape index (κ2) is 5.59. The van der Waals surface area contributed by atoms with E-state index in [1.807, 2.05) is 4.90 Å². The van der Waals surface area contributed by atoms with Gasteiger partial charge in [0.05, 0.1) is 6.54 Å². The van der Waals surface area contributed by atoms with Gasteiger partial charge in [-0.05, 0) is 12.8 Å². The van der Waals surface area contributed by atoms with Gasteiger partial charge in [0.25, 0.3) is 0 Å². The van der Waals surface area contributed by atoms with E-state index in [9.17, 15) is 9.59 Å². The molecule has 14 heavy (non-hydrogen) atoms. The summed E-state index contributed by atoms with van der Waals surface area (Å²) in [5.74, 6) is -0.224. The second-order valence-corrected chi connectivity index (χ2v) is 3.48. The van der Waals surface area contributed by atoms with E-state index in [-0.39, 0.29) is 12.5 Å². The van der Waals surface area contributed by atoms with E-state index in [1.165, 1.54) is 0 Å². The number of hydrogen-bond donors (Lipinski definition) is 2. The number of amides is 2. The highest BCUT2D eigenvalue weighted by atomic mass is 16.2. The third-order valence-electron chi connectivity index (χ3n) is 2.27. The zero-order chi connectivity index (χ0) is 10.4. The molecule has 5 nitrogen and oxygen atoms in total. The SMILES string of the molecule is NC(=O)CNCCC(=O)N1CCCC1. The molecule has 0 bridgehead atoms. The third-order valence-corrected chi connectivity index (χ3v) is 2.27. The minimum Gasteiger partial charge on any atom is -0.369 e. The van der Waals surface area contributed by atoms with E-state index in [0.29, 0.717) is 13.0 Å². The van der Waals surface area contributed by atoms with Crippen LogP contribution in [0.5, 0.6) is 0 Å². The van der Waals surface area contributed by atoms with Crippen LogP contribution in [-0.4, -0.2) is 42.9 Å². The highest BCUT2D eigenvalue weighted by Crippen LogP contribution is 2.08. The van der Waals surface area contributed by atoms with Gasteiger partial charge in [0.1, 0.15) is 0 Å². The highest BCUT2D eigenvalue weighted by Gasteiger charge is 2.16. The summed E-state index contributed by atoms with van der Waals surface area (Å²) in [6.45, 7) is 2.44. The molecule has 80 valence electrons. The number of carbonyl (C=O) groups is 2. The lowest BCUT2D eigenvalue weighted by Crippen LogP contribution is -2.33. The monoisotopic (exact) mass is 199 g/mol. The topological polar surface area (TPSA) is 75.4 Å². The maximum atomic E-state index is 11.5. The normalized spacial score (nSPS) is 15.9. The van der Waals surface area contributed by atoms with Crippen LogP contribution in [0.2, 0.25) is 0 Å². The molecule has 1 rings (SSSR count). The molecule has 0 atom stereocenters. The molecule has 0 spiro atoms. The van der Waals surface area contributed by atoms with Gasteiger partial charge in [0, 0.05) is 26.1 Å². The quantitative estimate of drug-likeness (QED) is 0.562. The van der Waals surface area contributed by atoms with E-state index < -0.39 is 5.91 Å². The molecule has 1 aliphatic heterocycles. The van der Waals surface area contributed by atoms with Crippen LogP contribution in [0.1, 0.15) is 19.3 Å². The summed E-state index contributed by atoms with van der Waals surface area (Å²) in [6, 6.07) is 0. The third kappa shape index (κ3) is 3.74. The van der Waals surface area contributed by atoms with Crippen molar-refractivity contribution < 1.29 is 9.59 Å². The molecule has 1 heterocycles. The molecule has 0 aromatic rings. The first-order chi connectivity index (χ1) is 6.70. The fourth-order valence-corrected chi connectivity index (χ4v) is 1.53. The number of nitrogens with one attached hydrogen (secondary N) is 1. The average molecular weight is 199 g/mol. The maximum absolute atomic E-state index is 11.5. The van der Waals surface area contributed by atoms with E-state index >= 15 is 0 Å². The molecule has 1 fully saturated rings. The van der Waals surface area contributed by atoms with Gasteiger partial charge in [-0.1, -0.05) is 0 Å². The number of primary amides is 1. The van der Waals surface area contributed by atoms with Gasteiger partial charge in [-0.2, -0.15) is 0 Å². The number of nitrogens with zero attached hydrogens (tertiary/aromatic N) is 1. The minimum absolute atomic E-state index is 0.146. The van der Waals surface area contributed by atoms with Crippen molar-refractivity contribution in [2.24, 2.45) is 5.73 Å². The van der Waals surface area contributed by atoms with Crippen LogP contribution in [0.15, 0.2) is 0 Å². The Labute approximate surface area is 83.6 Å². The first-order valence-corrected chi connectivity index (χ1v) is 4.97. The van der Waals surface area contributed by atoms with E-state index in [4.69, 9.17) is 5.73 Å². The van der Waals surface area contributed by atoms with Crippen LogP contribution in [0, 0.1) is 0 Å². The number of carbonyl (C=O) groups excluding carboxylic acids is 2. The molecule has 0 radical (unpaired) electrons. The van der Waals surface area contributed by atoms with Crippen molar-refractivity contribution in [3.63, 3.8) is 0 Å². The molecule has 0 saturated carbocycles. The molecular formula is C9H17N3O2. The molecule has 1 aliphatic rings. The first-order valence-electron chi connectivity index (χ1n) is 4.97. The number of rotatable bonds is 5. The smallest absolute Gasteiger partial charge is 0.231 e. The van der Waals surface area contributed by atoms with Crippen LogP contribution in [-0.2, 0) is 9.59 Å². The molecule has 3 N–H and O–H groups in total. The fourth-order valence-electron chi connectivity index (χ4n) is 1.53. The van der Waals surface area contributed by atoms with Gasteiger partial charge >= 0.3 is 0 Å². The van der Waals surface area contributed by atoms with Crippen LogP contribution in [0.25, 0.3) is 0 Å². The van der Waals surface area contributed by atoms with Crippen molar-refractivity contribution in [1.82, 2.24) is 10.2 Å². The van der Waals surface area contributed by atoms with Gasteiger partial charge in [-0.25, -0.2) is 0 Å². The number of nitrogens with two attached hydrogens (primary N) is 1. The predicted molar refractivity (Wildman–Crippen MR) is 52.5 cm³/mol. The van der Waals surface area contributed by atoms with E-state index in [2.05, 4.69) is 5.32 Å². The summed E-state index contributed by atoms with van der Waals surface area (Å²) in [7, 11) is 0. The second-order valence-electron chi connectivity index (χ2n) is 3.48. The molecule has 0 aromatic heterocycles. The Bertz CT molecular complexity index is 212. The maximum Gasteiger partial charge on any atom is 0.231 e. The van der Waals surface area contributed by atoms with E-state index in [0.717, 1.165) is 25.9 Å². The molecule has 0 aliphatic carbocycles. The van der Waals surface area contributed by atoms with Crippen molar-refractivity contribution >= 4 is 11.8 Å². The predicted octanol–water partition coefficient (Wildman–Crippen LogP) is -0.926. The van der Waals surface area contributed by atoms with Crippen molar-refractivity contribution in [2.45, 2.75) is 19.3 Å². The standard InChI is InChI=1S/C9H17N3O2/c10-8(13)7-11-4-3-9(14)12-5-1-2-6-12/h11H,1-7H2,(H2,10,13). The number of hydrogen-bond acceptors (Lipinski definition) is 3.